The topological polar surface area (TPSA) is 15.7 Å². The number of nitrogens with zero attached hydrogens (tertiary/aromatic N) is 2. The van der Waals surface area contributed by atoms with Crippen molar-refractivity contribution >= 4 is 0 Å². The predicted molar refractivity (Wildman–Crippen MR) is 73.5 cm³/mol. The van der Waals surface area contributed by atoms with Crippen molar-refractivity contribution in [3.05, 3.63) is 0 Å². The van der Waals surface area contributed by atoms with Gasteiger partial charge in [-0.05, 0) is 52.9 Å². The SMILES string of the molecule is CCCN(C)CC(C)OCCN1CCCCC1. The third-order valence-corrected chi connectivity index (χ3v) is 3.43. The zero-order valence-electron chi connectivity index (χ0n) is 12.0. The molecule has 3 nitrogen and oxygen atoms in total. The Morgan fingerprint density at radius 3 is 2.59 bits per heavy atom. The van der Waals surface area contributed by atoms with Crippen LogP contribution in [-0.2, 0) is 4.74 Å². The first-order chi connectivity index (χ1) is 8.22. The fourth-order valence-corrected chi connectivity index (χ4v) is 2.53. The van der Waals surface area contributed by atoms with Gasteiger partial charge in [0.25, 0.3) is 0 Å². The molecule has 1 saturated heterocycles. The molecule has 102 valence electrons. The van der Waals surface area contributed by atoms with Gasteiger partial charge in [-0.3, -0.25) is 0 Å². The Bertz CT molecular complexity index is 181. The van der Waals surface area contributed by atoms with Gasteiger partial charge in [0.05, 0.1) is 12.7 Å². The van der Waals surface area contributed by atoms with Gasteiger partial charge in [0.15, 0.2) is 0 Å². The van der Waals surface area contributed by atoms with Gasteiger partial charge >= 0.3 is 0 Å². The van der Waals surface area contributed by atoms with Crippen molar-refractivity contribution in [3.8, 4) is 0 Å². The van der Waals surface area contributed by atoms with Crippen LogP contribution in [0.2, 0.25) is 0 Å². The molecule has 0 aromatic heterocycles. The maximum atomic E-state index is 5.88. The second-order valence-corrected chi connectivity index (χ2v) is 5.35. The highest BCUT2D eigenvalue weighted by molar-refractivity contribution is 4.64. The third kappa shape index (κ3) is 7.02. The number of ether oxygens (including phenoxy) is 1. The highest BCUT2D eigenvalue weighted by Crippen LogP contribution is 2.08. The van der Waals surface area contributed by atoms with Crippen LogP contribution in [0.3, 0.4) is 0 Å². The van der Waals surface area contributed by atoms with Gasteiger partial charge in [-0.15, -0.1) is 0 Å². The molecule has 1 aliphatic rings. The largest absolute Gasteiger partial charge is 0.376 e. The Morgan fingerprint density at radius 2 is 1.94 bits per heavy atom. The van der Waals surface area contributed by atoms with Crippen LogP contribution in [0.4, 0.5) is 0 Å². The summed E-state index contributed by atoms with van der Waals surface area (Å²) in [7, 11) is 2.17. The van der Waals surface area contributed by atoms with Crippen LogP contribution in [0, 0.1) is 0 Å². The number of likely N-dealkylation sites (N-methyl/N-ethyl adjacent to an activating group) is 1. The lowest BCUT2D eigenvalue weighted by molar-refractivity contribution is 0.0275. The second-order valence-electron chi connectivity index (χ2n) is 5.35. The molecule has 1 heterocycles. The lowest BCUT2D eigenvalue weighted by atomic mass is 10.1. The van der Waals surface area contributed by atoms with Crippen molar-refractivity contribution in [3.63, 3.8) is 0 Å². The van der Waals surface area contributed by atoms with E-state index in [9.17, 15) is 0 Å². The molecule has 0 radical (unpaired) electrons. The molecule has 1 unspecified atom stereocenters. The zero-order chi connectivity index (χ0) is 12.5. The molecule has 0 aromatic carbocycles. The molecule has 1 aliphatic heterocycles. The highest BCUT2D eigenvalue weighted by Gasteiger charge is 2.11. The first kappa shape index (κ1) is 14.9. The Morgan fingerprint density at radius 1 is 1.24 bits per heavy atom. The molecule has 0 spiro atoms. The van der Waals surface area contributed by atoms with Gasteiger partial charge in [0, 0.05) is 13.1 Å². The van der Waals surface area contributed by atoms with Crippen molar-refractivity contribution in [1.29, 1.82) is 0 Å². The summed E-state index contributed by atoms with van der Waals surface area (Å²) in [5, 5.41) is 0. The fraction of sp³-hybridized carbons (Fsp3) is 1.00. The van der Waals surface area contributed by atoms with Crippen LogP contribution < -0.4 is 0 Å². The molecule has 1 atom stereocenters. The predicted octanol–water partition coefficient (Wildman–Crippen LogP) is 2.22. The highest BCUT2D eigenvalue weighted by atomic mass is 16.5. The fourth-order valence-electron chi connectivity index (χ4n) is 2.53. The minimum atomic E-state index is 0.358. The molecule has 0 bridgehead atoms. The average Bonchev–Trinajstić information content (AvgIpc) is 2.30. The van der Waals surface area contributed by atoms with E-state index in [0.717, 1.165) is 19.7 Å². The summed E-state index contributed by atoms with van der Waals surface area (Å²) in [4.78, 5) is 4.89. The second kappa shape index (κ2) is 8.90. The Hall–Kier alpha value is -0.120. The van der Waals surface area contributed by atoms with Gasteiger partial charge in [-0.1, -0.05) is 13.3 Å². The molecule has 0 aliphatic carbocycles. The third-order valence-electron chi connectivity index (χ3n) is 3.43. The molecular formula is C14H30N2O. The van der Waals surface area contributed by atoms with E-state index in [2.05, 4.69) is 30.7 Å². The standard InChI is InChI=1S/C14H30N2O/c1-4-8-15(3)13-14(2)17-12-11-16-9-6-5-7-10-16/h14H,4-13H2,1-3H3. The first-order valence-corrected chi connectivity index (χ1v) is 7.25. The van der Waals surface area contributed by atoms with Crippen LogP contribution in [0.25, 0.3) is 0 Å². The van der Waals surface area contributed by atoms with Gasteiger partial charge in [-0.25, -0.2) is 0 Å². The van der Waals surface area contributed by atoms with Gasteiger partial charge in [-0.2, -0.15) is 0 Å². The molecule has 3 heteroatoms. The number of hydrogen-bond donors (Lipinski definition) is 0. The molecular weight excluding hydrogens is 212 g/mol. The minimum absolute atomic E-state index is 0.358. The Labute approximate surface area is 107 Å². The van der Waals surface area contributed by atoms with E-state index >= 15 is 0 Å². The number of hydrogen-bond acceptors (Lipinski definition) is 3. The van der Waals surface area contributed by atoms with E-state index in [0.29, 0.717) is 6.10 Å². The Balaban J connectivity index is 2.00. The van der Waals surface area contributed by atoms with Crippen molar-refractivity contribution in [2.75, 3.05) is 46.4 Å². The van der Waals surface area contributed by atoms with Crippen LogP contribution in [-0.4, -0.2) is 62.3 Å². The van der Waals surface area contributed by atoms with Gasteiger partial charge < -0.3 is 14.5 Å². The van der Waals surface area contributed by atoms with Gasteiger partial charge in [0.1, 0.15) is 0 Å². The van der Waals surface area contributed by atoms with E-state index in [-0.39, 0.29) is 0 Å². The van der Waals surface area contributed by atoms with Crippen molar-refractivity contribution in [2.45, 2.75) is 45.6 Å². The molecule has 1 rings (SSSR count). The average molecular weight is 242 g/mol. The summed E-state index contributed by atoms with van der Waals surface area (Å²) in [6, 6.07) is 0. The summed E-state index contributed by atoms with van der Waals surface area (Å²) < 4.78 is 5.88. The summed E-state index contributed by atoms with van der Waals surface area (Å²) >= 11 is 0. The number of piperidine rings is 1. The minimum Gasteiger partial charge on any atom is -0.376 e. The van der Waals surface area contributed by atoms with Crippen molar-refractivity contribution in [2.24, 2.45) is 0 Å². The molecule has 0 saturated carbocycles. The molecule has 1 fully saturated rings. The number of likely N-dealkylation sites (tertiary alicyclic amines) is 1. The zero-order valence-corrected chi connectivity index (χ0v) is 12.0. The summed E-state index contributed by atoms with van der Waals surface area (Å²) in [6.45, 7) is 11.2. The van der Waals surface area contributed by atoms with Crippen LogP contribution >= 0.6 is 0 Å². The smallest absolute Gasteiger partial charge is 0.0674 e. The van der Waals surface area contributed by atoms with E-state index in [1.54, 1.807) is 0 Å². The lowest BCUT2D eigenvalue weighted by Gasteiger charge is -2.27. The van der Waals surface area contributed by atoms with Crippen LogP contribution in [0.5, 0.6) is 0 Å². The van der Waals surface area contributed by atoms with Crippen LogP contribution in [0.1, 0.15) is 39.5 Å². The molecule has 0 N–H and O–H groups in total. The van der Waals surface area contributed by atoms with E-state index in [1.165, 1.54) is 45.3 Å². The van der Waals surface area contributed by atoms with E-state index in [1.807, 2.05) is 0 Å². The first-order valence-electron chi connectivity index (χ1n) is 7.25. The lowest BCUT2D eigenvalue weighted by Crippen LogP contribution is -2.35. The number of rotatable bonds is 8. The van der Waals surface area contributed by atoms with E-state index in [4.69, 9.17) is 4.74 Å². The van der Waals surface area contributed by atoms with Crippen LogP contribution in [0.15, 0.2) is 0 Å². The normalized spacial score (nSPS) is 19.8. The van der Waals surface area contributed by atoms with E-state index < -0.39 is 0 Å². The maximum Gasteiger partial charge on any atom is 0.0674 e. The van der Waals surface area contributed by atoms with Crippen molar-refractivity contribution < 1.29 is 4.74 Å². The summed E-state index contributed by atoms with van der Waals surface area (Å²) in [6.07, 6.45) is 5.73. The quantitative estimate of drug-likeness (QED) is 0.649. The molecule has 0 amide bonds. The maximum absolute atomic E-state index is 5.88. The van der Waals surface area contributed by atoms with Crippen molar-refractivity contribution in [1.82, 2.24) is 9.80 Å². The monoisotopic (exact) mass is 242 g/mol. The molecule has 17 heavy (non-hydrogen) atoms. The summed E-state index contributed by atoms with van der Waals surface area (Å²) in [5.74, 6) is 0. The summed E-state index contributed by atoms with van der Waals surface area (Å²) in [5.41, 5.74) is 0. The van der Waals surface area contributed by atoms with Gasteiger partial charge in [0.2, 0.25) is 0 Å². The molecule has 0 aromatic rings. The Kier molecular flexibility index (Phi) is 7.82.